The molecule has 1 aromatic carbocycles. The lowest BCUT2D eigenvalue weighted by Crippen LogP contribution is -2.51. The van der Waals surface area contributed by atoms with Gasteiger partial charge in [-0.3, -0.25) is 4.90 Å². The third-order valence-electron chi connectivity index (χ3n) is 7.92. The van der Waals surface area contributed by atoms with Gasteiger partial charge in [0.2, 0.25) is 0 Å². The van der Waals surface area contributed by atoms with Crippen LogP contribution in [-0.2, 0) is 23.9 Å². The number of piperazine rings is 1. The summed E-state index contributed by atoms with van der Waals surface area (Å²) in [6.45, 7) is 3.65. The topological polar surface area (TPSA) is 89.8 Å². The van der Waals surface area contributed by atoms with Crippen molar-refractivity contribution < 1.29 is 22.6 Å². The molecule has 0 spiro atoms. The highest BCUT2D eigenvalue weighted by atomic mass is 35.5. The molecule has 2 saturated heterocycles. The highest BCUT2D eigenvalue weighted by molar-refractivity contribution is 6.31. The van der Waals surface area contributed by atoms with Gasteiger partial charge in [-0.05, 0) is 32.0 Å². The third-order valence-corrected chi connectivity index (χ3v) is 8.23. The molecule has 0 bridgehead atoms. The first-order valence-electron chi connectivity index (χ1n) is 13.4. The summed E-state index contributed by atoms with van der Waals surface area (Å²) in [4.78, 5) is 15.5. The minimum Gasteiger partial charge on any atom is -0.462 e. The lowest BCUT2D eigenvalue weighted by atomic mass is 10.0. The second-order valence-electron chi connectivity index (χ2n) is 10.5. The number of benzene rings is 1. The van der Waals surface area contributed by atoms with E-state index >= 15 is 0 Å². The van der Waals surface area contributed by atoms with E-state index in [2.05, 4.69) is 21.2 Å². The SMILES string of the molecule is CO[C@@H]1C[C@@H](COc2nc3c(c(N4CCN[C@@H](CC#N)C4)n2)CCN(c2cccc(Cl)c2C(F)(F)F)C3)N(C)C1. The highest BCUT2D eigenvalue weighted by Crippen LogP contribution is 2.43. The number of hydrogen-bond acceptors (Lipinski definition) is 9. The van der Waals surface area contributed by atoms with Crippen LogP contribution < -0.4 is 19.9 Å². The predicted molar refractivity (Wildman–Crippen MR) is 145 cm³/mol. The normalized spacial score (nSPS) is 23.7. The van der Waals surface area contributed by atoms with Crippen molar-refractivity contribution >= 4 is 23.1 Å². The minimum atomic E-state index is -4.59. The van der Waals surface area contributed by atoms with Gasteiger partial charge in [0.1, 0.15) is 12.4 Å². The molecule has 2 aromatic rings. The quantitative estimate of drug-likeness (QED) is 0.529. The minimum absolute atomic E-state index is 0.00672. The average Bonchev–Trinajstić information content (AvgIpc) is 3.30. The lowest BCUT2D eigenvalue weighted by Gasteiger charge is -2.37. The fraction of sp³-hybridized carbons (Fsp3) is 0.593. The summed E-state index contributed by atoms with van der Waals surface area (Å²) in [5.74, 6) is 0.723. The van der Waals surface area contributed by atoms with Gasteiger partial charge < -0.3 is 24.6 Å². The number of hydrogen-bond donors (Lipinski definition) is 1. The summed E-state index contributed by atoms with van der Waals surface area (Å²) in [7, 11) is 3.72. The second-order valence-corrected chi connectivity index (χ2v) is 10.9. The maximum Gasteiger partial charge on any atom is 0.419 e. The molecule has 9 nitrogen and oxygen atoms in total. The molecule has 4 heterocycles. The number of ether oxygens (including phenoxy) is 2. The van der Waals surface area contributed by atoms with Crippen LogP contribution in [0, 0.1) is 11.3 Å². The van der Waals surface area contributed by atoms with E-state index in [9.17, 15) is 18.4 Å². The van der Waals surface area contributed by atoms with Crippen molar-refractivity contribution in [1.29, 1.82) is 5.26 Å². The van der Waals surface area contributed by atoms with Crippen molar-refractivity contribution in [3.05, 3.63) is 40.0 Å². The van der Waals surface area contributed by atoms with E-state index in [-0.39, 0.29) is 41.5 Å². The lowest BCUT2D eigenvalue weighted by molar-refractivity contribution is -0.137. The van der Waals surface area contributed by atoms with E-state index in [4.69, 9.17) is 31.0 Å². The Balaban J connectivity index is 1.46. The molecular formula is C27H33ClF3N7O2. The number of aromatic nitrogens is 2. The van der Waals surface area contributed by atoms with Gasteiger partial charge >= 0.3 is 12.2 Å². The Kier molecular flexibility index (Phi) is 8.56. The van der Waals surface area contributed by atoms with Gasteiger partial charge in [-0.1, -0.05) is 17.7 Å². The maximum absolute atomic E-state index is 14.0. The van der Waals surface area contributed by atoms with Gasteiger partial charge in [0, 0.05) is 57.5 Å². The van der Waals surface area contributed by atoms with Crippen LogP contribution in [0.25, 0.3) is 0 Å². The van der Waals surface area contributed by atoms with Crippen LogP contribution in [0.4, 0.5) is 24.7 Å². The Morgan fingerprint density at radius 1 is 1.20 bits per heavy atom. The highest BCUT2D eigenvalue weighted by Gasteiger charge is 2.39. The average molecular weight is 580 g/mol. The predicted octanol–water partition coefficient (Wildman–Crippen LogP) is 3.50. The number of likely N-dealkylation sites (N-methyl/N-ethyl adjacent to an activating group) is 1. The summed E-state index contributed by atoms with van der Waals surface area (Å²) in [5, 5.41) is 12.2. The van der Waals surface area contributed by atoms with Crippen molar-refractivity contribution in [2.24, 2.45) is 0 Å². The van der Waals surface area contributed by atoms with Gasteiger partial charge in [0.15, 0.2) is 0 Å². The molecule has 2 fully saturated rings. The fourth-order valence-electron chi connectivity index (χ4n) is 5.81. The van der Waals surface area contributed by atoms with E-state index in [1.54, 1.807) is 12.0 Å². The Morgan fingerprint density at radius 2 is 2.02 bits per heavy atom. The van der Waals surface area contributed by atoms with Crippen LogP contribution in [0.1, 0.15) is 29.7 Å². The molecule has 3 atom stereocenters. The molecule has 0 saturated carbocycles. The molecule has 0 radical (unpaired) electrons. The summed E-state index contributed by atoms with van der Waals surface area (Å²) in [5.41, 5.74) is 0.713. The second kappa shape index (κ2) is 11.9. The third kappa shape index (κ3) is 6.07. The summed E-state index contributed by atoms with van der Waals surface area (Å²) >= 11 is 6.02. The number of nitrogens with zero attached hydrogens (tertiary/aromatic N) is 6. The molecule has 40 heavy (non-hydrogen) atoms. The molecule has 5 rings (SSSR count). The number of nitrogens with one attached hydrogen (secondary N) is 1. The smallest absolute Gasteiger partial charge is 0.419 e. The Bertz CT molecular complexity index is 1260. The summed E-state index contributed by atoms with van der Waals surface area (Å²) in [6, 6.07) is 6.78. The number of anilines is 2. The van der Waals surface area contributed by atoms with E-state index in [0.717, 1.165) is 24.3 Å². The van der Waals surface area contributed by atoms with Crippen LogP contribution in [-0.4, -0.2) is 86.5 Å². The zero-order valence-corrected chi connectivity index (χ0v) is 23.3. The largest absolute Gasteiger partial charge is 0.462 e. The molecule has 0 unspecified atom stereocenters. The first kappa shape index (κ1) is 28.7. The number of likely N-dealkylation sites (tertiary alicyclic amines) is 1. The van der Waals surface area contributed by atoms with Crippen molar-refractivity contribution in [3.8, 4) is 12.1 Å². The van der Waals surface area contributed by atoms with Gasteiger partial charge in [-0.2, -0.15) is 28.4 Å². The number of rotatable bonds is 7. The fourth-order valence-corrected chi connectivity index (χ4v) is 6.08. The van der Waals surface area contributed by atoms with Crippen molar-refractivity contribution in [1.82, 2.24) is 20.2 Å². The van der Waals surface area contributed by atoms with Gasteiger partial charge in [-0.15, -0.1) is 0 Å². The van der Waals surface area contributed by atoms with Crippen LogP contribution in [0.5, 0.6) is 6.01 Å². The molecule has 1 N–H and O–H groups in total. The summed E-state index contributed by atoms with van der Waals surface area (Å²) in [6.07, 6.45) is -2.82. The van der Waals surface area contributed by atoms with Crippen LogP contribution in [0.3, 0.4) is 0 Å². The maximum atomic E-state index is 14.0. The standard InChI is InChI=1S/C27H33ClF3N7O2/c1-36-14-19(39-2)12-18(36)16-40-26-34-22-15-37(23-5-3-4-21(28)24(23)27(29,30)31)10-7-20(22)25(35-26)38-11-9-33-17(13-38)6-8-32/h3-5,17-19,33H,6-7,9-16H2,1-2H3/t17-,18-,19+/m0/s1. The molecule has 3 aliphatic heterocycles. The first-order valence-corrected chi connectivity index (χ1v) is 13.8. The van der Waals surface area contributed by atoms with Crippen LogP contribution in [0.2, 0.25) is 5.02 Å². The molecule has 3 aliphatic rings. The van der Waals surface area contributed by atoms with E-state index in [1.807, 2.05) is 7.05 Å². The first-order chi connectivity index (χ1) is 19.2. The molecule has 216 valence electrons. The van der Waals surface area contributed by atoms with Gasteiger partial charge in [-0.25, -0.2) is 0 Å². The van der Waals surface area contributed by atoms with Crippen LogP contribution >= 0.6 is 11.6 Å². The zero-order valence-electron chi connectivity index (χ0n) is 22.5. The zero-order chi connectivity index (χ0) is 28.4. The van der Waals surface area contributed by atoms with Gasteiger partial charge in [0.05, 0.1) is 47.1 Å². The molecule has 13 heteroatoms. The van der Waals surface area contributed by atoms with Crippen molar-refractivity contribution in [2.45, 2.75) is 50.2 Å². The number of alkyl halides is 3. The van der Waals surface area contributed by atoms with E-state index in [0.29, 0.717) is 51.3 Å². The Labute approximate surface area is 236 Å². The van der Waals surface area contributed by atoms with E-state index in [1.165, 1.54) is 18.2 Å². The van der Waals surface area contributed by atoms with Gasteiger partial charge in [0.25, 0.3) is 0 Å². The van der Waals surface area contributed by atoms with Crippen molar-refractivity contribution in [3.63, 3.8) is 0 Å². The summed E-state index contributed by atoms with van der Waals surface area (Å²) < 4.78 is 53.5. The van der Waals surface area contributed by atoms with Crippen LogP contribution in [0.15, 0.2) is 18.2 Å². The number of halogens is 4. The number of methoxy groups -OCH3 is 1. The Hall–Kier alpha value is -2.85. The monoisotopic (exact) mass is 579 g/mol. The molecule has 0 amide bonds. The number of fused-ring (bicyclic) bond motifs is 1. The van der Waals surface area contributed by atoms with E-state index < -0.39 is 11.7 Å². The Morgan fingerprint density at radius 3 is 2.75 bits per heavy atom. The van der Waals surface area contributed by atoms with Crippen molar-refractivity contribution in [2.75, 3.05) is 63.3 Å². The molecular weight excluding hydrogens is 547 g/mol. The number of nitriles is 1. The molecule has 1 aromatic heterocycles. The molecule has 0 aliphatic carbocycles.